The van der Waals surface area contributed by atoms with Gasteiger partial charge in [0.05, 0.1) is 17.0 Å². The number of thioether (sulfide) groups is 1. The first-order chi connectivity index (χ1) is 16.9. The molecule has 6 nitrogen and oxygen atoms in total. The zero-order chi connectivity index (χ0) is 24.5. The van der Waals surface area contributed by atoms with Crippen LogP contribution in [0.2, 0.25) is 5.02 Å². The van der Waals surface area contributed by atoms with Crippen molar-refractivity contribution >= 4 is 57.5 Å². The molecule has 5 rings (SSSR count). The monoisotopic (exact) mass is 502 g/mol. The molecular weight excluding hydrogens is 484 g/mol. The van der Waals surface area contributed by atoms with Crippen LogP contribution in [0.4, 0.5) is 4.79 Å². The van der Waals surface area contributed by atoms with Gasteiger partial charge in [-0.3, -0.25) is 14.5 Å². The summed E-state index contributed by atoms with van der Waals surface area (Å²) in [4.78, 5) is 38.6. The largest absolute Gasteiger partial charge is 0.478 e. The Labute approximate surface area is 210 Å². The van der Waals surface area contributed by atoms with Crippen molar-refractivity contribution in [2.75, 3.05) is 0 Å². The fourth-order valence-electron chi connectivity index (χ4n) is 4.07. The lowest BCUT2D eigenvalue weighted by atomic mass is 10.1. The zero-order valence-corrected chi connectivity index (χ0v) is 19.9. The van der Waals surface area contributed by atoms with Crippen LogP contribution in [0.15, 0.2) is 83.9 Å². The summed E-state index contributed by atoms with van der Waals surface area (Å²) in [7, 11) is 0. The van der Waals surface area contributed by atoms with Crippen LogP contribution >= 0.6 is 23.4 Å². The number of aromatic carboxylic acids is 1. The predicted octanol–water partition coefficient (Wildman–Crippen LogP) is 6.28. The quantitative estimate of drug-likeness (QED) is 0.314. The number of carboxylic acids is 1. The Balaban J connectivity index is 1.45. The second kappa shape index (κ2) is 9.44. The van der Waals surface area contributed by atoms with Gasteiger partial charge in [-0.2, -0.15) is 0 Å². The van der Waals surface area contributed by atoms with Crippen LogP contribution in [-0.2, 0) is 17.9 Å². The Hall–Kier alpha value is -3.81. The molecule has 0 unspecified atom stereocenters. The number of benzene rings is 3. The lowest BCUT2D eigenvalue weighted by Gasteiger charge is -2.12. The molecular formula is C27H19ClN2O4S. The number of rotatable bonds is 6. The van der Waals surface area contributed by atoms with Crippen LogP contribution in [0.25, 0.3) is 17.0 Å². The highest BCUT2D eigenvalue weighted by atomic mass is 35.5. The van der Waals surface area contributed by atoms with Crippen LogP contribution in [0.1, 0.15) is 27.0 Å². The van der Waals surface area contributed by atoms with Gasteiger partial charge < -0.3 is 9.67 Å². The minimum Gasteiger partial charge on any atom is -0.478 e. The first kappa shape index (κ1) is 23.0. The number of halogens is 1. The maximum absolute atomic E-state index is 13.1. The molecule has 0 atom stereocenters. The molecule has 0 saturated carbocycles. The average Bonchev–Trinajstić information content (AvgIpc) is 3.32. The van der Waals surface area contributed by atoms with Gasteiger partial charge in [0.2, 0.25) is 0 Å². The Morgan fingerprint density at radius 1 is 0.943 bits per heavy atom. The first-order valence-electron chi connectivity index (χ1n) is 10.8. The van der Waals surface area contributed by atoms with E-state index in [0.717, 1.165) is 39.4 Å². The molecule has 1 N–H and O–H groups in total. The van der Waals surface area contributed by atoms with Crippen molar-refractivity contribution in [1.82, 2.24) is 9.47 Å². The Morgan fingerprint density at radius 3 is 2.49 bits per heavy atom. The number of imide groups is 1. The SMILES string of the molecule is O=C(O)c1cccc(Cn2cc(/C=C3/SC(=O)N(Cc4ccc(Cl)cc4)C3=O)c3ccccc32)c1. The van der Waals surface area contributed by atoms with E-state index in [1.807, 2.05) is 41.1 Å². The number of hydrogen-bond acceptors (Lipinski definition) is 4. The molecule has 35 heavy (non-hydrogen) atoms. The van der Waals surface area contributed by atoms with Crippen molar-refractivity contribution in [2.45, 2.75) is 13.1 Å². The summed E-state index contributed by atoms with van der Waals surface area (Å²) in [5, 5.41) is 10.5. The number of hydrogen-bond donors (Lipinski definition) is 1. The molecule has 0 radical (unpaired) electrons. The van der Waals surface area contributed by atoms with Crippen molar-refractivity contribution in [1.29, 1.82) is 0 Å². The molecule has 1 saturated heterocycles. The number of nitrogens with zero attached hydrogens (tertiary/aromatic N) is 2. The Bertz CT molecular complexity index is 1510. The van der Waals surface area contributed by atoms with Crippen LogP contribution in [0.5, 0.6) is 0 Å². The number of carbonyl (C=O) groups excluding carboxylic acids is 2. The Kier molecular flexibility index (Phi) is 6.19. The standard InChI is InChI=1S/C27H19ClN2O4S/c28-21-10-8-17(9-11-21)15-30-25(31)24(35-27(30)34)13-20-16-29(23-7-2-1-6-22(20)23)14-18-4-3-5-19(12-18)26(32)33/h1-13,16H,14-15H2,(H,32,33)/b24-13+. The van der Waals surface area contributed by atoms with E-state index in [0.29, 0.717) is 16.5 Å². The van der Waals surface area contributed by atoms with Gasteiger partial charge in [0.15, 0.2) is 0 Å². The van der Waals surface area contributed by atoms with Crippen molar-refractivity contribution in [2.24, 2.45) is 0 Å². The summed E-state index contributed by atoms with van der Waals surface area (Å²) in [6.45, 7) is 0.647. The van der Waals surface area contributed by atoms with E-state index in [2.05, 4.69) is 0 Å². The first-order valence-corrected chi connectivity index (χ1v) is 12.0. The lowest BCUT2D eigenvalue weighted by Crippen LogP contribution is -2.27. The van der Waals surface area contributed by atoms with E-state index in [1.54, 1.807) is 48.5 Å². The molecule has 2 heterocycles. The highest BCUT2D eigenvalue weighted by Crippen LogP contribution is 2.35. The van der Waals surface area contributed by atoms with E-state index in [1.165, 1.54) is 4.90 Å². The summed E-state index contributed by atoms with van der Waals surface area (Å²) in [6.07, 6.45) is 3.67. The van der Waals surface area contributed by atoms with Gasteiger partial charge in [-0.05, 0) is 59.3 Å². The molecule has 8 heteroatoms. The molecule has 174 valence electrons. The van der Waals surface area contributed by atoms with E-state index < -0.39 is 5.97 Å². The van der Waals surface area contributed by atoms with E-state index in [-0.39, 0.29) is 23.3 Å². The van der Waals surface area contributed by atoms with Gasteiger partial charge in [0.25, 0.3) is 11.1 Å². The number of carbonyl (C=O) groups is 3. The van der Waals surface area contributed by atoms with Crippen molar-refractivity contribution < 1.29 is 19.5 Å². The average molecular weight is 503 g/mol. The molecule has 3 aromatic carbocycles. The van der Waals surface area contributed by atoms with E-state index >= 15 is 0 Å². The molecule has 2 amide bonds. The van der Waals surface area contributed by atoms with Gasteiger partial charge in [-0.1, -0.05) is 54.1 Å². The lowest BCUT2D eigenvalue weighted by molar-refractivity contribution is -0.123. The molecule has 0 spiro atoms. The topological polar surface area (TPSA) is 79.6 Å². The highest BCUT2D eigenvalue weighted by molar-refractivity contribution is 8.18. The zero-order valence-electron chi connectivity index (χ0n) is 18.3. The second-order valence-electron chi connectivity index (χ2n) is 8.13. The normalized spacial score (nSPS) is 14.9. The van der Waals surface area contributed by atoms with Crippen LogP contribution in [0.3, 0.4) is 0 Å². The fourth-order valence-corrected chi connectivity index (χ4v) is 5.03. The van der Waals surface area contributed by atoms with E-state index in [9.17, 15) is 19.5 Å². The molecule has 1 aliphatic heterocycles. The Morgan fingerprint density at radius 2 is 1.71 bits per heavy atom. The molecule has 4 aromatic rings. The number of fused-ring (bicyclic) bond motifs is 1. The maximum atomic E-state index is 13.1. The van der Waals surface area contributed by atoms with Gasteiger partial charge in [0.1, 0.15) is 0 Å². The van der Waals surface area contributed by atoms with Gasteiger partial charge in [0, 0.05) is 34.2 Å². The molecule has 1 aromatic heterocycles. The summed E-state index contributed by atoms with van der Waals surface area (Å²) in [5.41, 5.74) is 3.65. The summed E-state index contributed by atoms with van der Waals surface area (Å²) >= 11 is 6.86. The minimum absolute atomic E-state index is 0.181. The third-order valence-electron chi connectivity index (χ3n) is 5.76. The van der Waals surface area contributed by atoms with Crippen LogP contribution in [-0.4, -0.2) is 31.7 Å². The van der Waals surface area contributed by atoms with Crippen molar-refractivity contribution in [3.8, 4) is 0 Å². The predicted molar refractivity (Wildman–Crippen MR) is 137 cm³/mol. The molecule has 0 bridgehead atoms. The second-order valence-corrected chi connectivity index (χ2v) is 9.56. The third-order valence-corrected chi connectivity index (χ3v) is 6.92. The molecule has 1 fully saturated rings. The van der Waals surface area contributed by atoms with Crippen molar-refractivity contribution in [3.05, 3.63) is 111 Å². The number of para-hydroxylation sites is 1. The molecule has 0 aliphatic carbocycles. The fraction of sp³-hybridized carbons (Fsp3) is 0.0741. The number of aromatic nitrogens is 1. The van der Waals surface area contributed by atoms with Crippen molar-refractivity contribution in [3.63, 3.8) is 0 Å². The smallest absolute Gasteiger partial charge is 0.335 e. The summed E-state index contributed by atoms with van der Waals surface area (Å²) in [5.74, 6) is -1.31. The van der Waals surface area contributed by atoms with Gasteiger partial charge in [-0.15, -0.1) is 0 Å². The highest BCUT2D eigenvalue weighted by Gasteiger charge is 2.35. The molecule has 1 aliphatic rings. The van der Waals surface area contributed by atoms with Gasteiger partial charge in [-0.25, -0.2) is 4.79 Å². The summed E-state index contributed by atoms with van der Waals surface area (Å²) in [6, 6.07) is 21.6. The van der Waals surface area contributed by atoms with Gasteiger partial charge >= 0.3 is 5.97 Å². The summed E-state index contributed by atoms with van der Waals surface area (Å²) < 4.78 is 2.01. The maximum Gasteiger partial charge on any atom is 0.335 e. The van der Waals surface area contributed by atoms with E-state index in [4.69, 9.17) is 11.6 Å². The third kappa shape index (κ3) is 4.73. The van der Waals surface area contributed by atoms with Crippen LogP contribution in [0, 0.1) is 0 Å². The number of amides is 2. The number of carboxylic acid groups (broad SMARTS) is 1. The van der Waals surface area contributed by atoms with Crippen LogP contribution < -0.4 is 0 Å². The minimum atomic E-state index is -0.973.